The van der Waals surface area contributed by atoms with Gasteiger partial charge in [-0.3, -0.25) is 4.79 Å². The van der Waals surface area contributed by atoms with E-state index in [1.807, 2.05) is 30.0 Å². The molecular weight excluding hydrogens is 375 g/mol. The zero-order chi connectivity index (χ0) is 19.5. The summed E-state index contributed by atoms with van der Waals surface area (Å²) in [7, 11) is 0. The number of carbonyl (C=O) groups excluding carboxylic acids is 1. The van der Waals surface area contributed by atoms with Crippen LogP contribution in [0.3, 0.4) is 0 Å². The number of aromatic nitrogens is 1. The Balaban J connectivity index is 1.39. The maximum Gasteiger partial charge on any atom is 0.263 e. The highest BCUT2D eigenvalue weighted by Crippen LogP contribution is 2.34. The molecule has 1 aromatic heterocycles. The van der Waals surface area contributed by atoms with Crippen LogP contribution in [0.2, 0.25) is 0 Å². The van der Waals surface area contributed by atoms with E-state index in [0.29, 0.717) is 25.4 Å². The fraction of sp³-hybridized carbons (Fsp3) is 0.364. The lowest BCUT2D eigenvalue weighted by Gasteiger charge is -2.33. The van der Waals surface area contributed by atoms with E-state index >= 15 is 0 Å². The molecule has 1 aliphatic heterocycles. The number of para-hydroxylation sites is 2. The number of halogens is 1. The summed E-state index contributed by atoms with van der Waals surface area (Å²) >= 11 is 1.75. The molecule has 1 fully saturated rings. The van der Waals surface area contributed by atoms with Crippen LogP contribution in [0.1, 0.15) is 37.1 Å². The second kappa shape index (κ2) is 8.27. The minimum atomic E-state index is -0.657. The lowest BCUT2D eigenvalue weighted by atomic mass is 9.97. The number of piperidine rings is 1. The Morgan fingerprint density at radius 1 is 1.21 bits per heavy atom. The van der Waals surface area contributed by atoms with Crippen molar-refractivity contribution in [3.63, 3.8) is 0 Å². The van der Waals surface area contributed by atoms with Crippen molar-refractivity contribution in [1.29, 1.82) is 0 Å². The first kappa shape index (κ1) is 18.9. The maximum atomic E-state index is 13.9. The number of hydrogen-bond acceptors (Lipinski definition) is 4. The number of rotatable bonds is 5. The summed E-state index contributed by atoms with van der Waals surface area (Å²) in [6.45, 7) is 3.24. The van der Waals surface area contributed by atoms with Crippen molar-refractivity contribution in [2.24, 2.45) is 0 Å². The third-order valence-corrected chi connectivity index (χ3v) is 6.42. The van der Waals surface area contributed by atoms with E-state index in [9.17, 15) is 9.18 Å². The molecule has 0 aliphatic carbocycles. The number of benzene rings is 2. The highest BCUT2D eigenvalue weighted by Gasteiger charge is 2.30. The first-order valence-corrected chi connectivity index (χ1v) is 10.5. The molecule has 0 radical (unpaired) electrons. The highest BCUT2D eigenvalue weighted by atomic mass is 32.1. The molecule has 1 saturated heterocycles. The van der Waals surface area contributed by atoms with Crippen molar-refractivity contribution < 1.29 is 13.9 Å². The van der Waals surface area contributed by atoms with Crippen molar-refractivity contribution >= 4 is 27.5 Å². The fourth-order valence-corrected chi connectivity index (χ4v) is 4.75. The van der Waals surface area contributed by atoms with E-state index in [0.717, 1.165) is 23.4 Å². The third kappa shape index (κ3) is 3.87. The molecule has 146 valence electrons. The van der Waals surface area contributed by atoms with E-state index in [-0.39, 0.29) is 11.7 Å². The lowest BCUT2D eigenvalue weighted by Crippen LogP contribution is -2.45. The van der Waals surface area contributed by atoms with Crippen molar-refractivity contribution in [2.45, 2.75) is 38.2 Å². The van der Waals surface area contributed by atoms with Gasteiger partial charge in [0.25, 0.3) is 5.91 Å². The summed E-state index contributed by atoms with van der Waals surface area (Å²) in [4.78, 5) is 19.5. The van der Waals surface area contributed by atoms with Crippen LogP contribution < -0.4 is 4.74 Å². The zero-order valence-corrected chi connectivity index (χ0v) is 16.6. The second-order valence-electron chi connectivity index (χ2n) is 7.06. The Hall–Kier alpha value is -2.47. The molecular formula is C22H23FN2O2S. The van der Waals surface area contributed by atoms with Crippen molar-refractivity contribution in [2.75, 3.05) is 13.1 Å². The van der Waals surface area contributed by atoms with Gasteiger partial charge in [0, 0.05) is 19.0 Å². The molecule has 28 heavy (non-hydrogen) atoms. The fourth-order valence-electron chi connectivity index (χ4n) is 3.62. The van der Waals surface area contributed by atoms with Gasteiger partial charge in [-0.1, -0.05) is 31.2 Å². The molecule has 1 amide bonds. The SMILES string of the molecule is CCC(Oc1ccccc1F)C(=O)N1CCC(c2nc3ccccc3s2)CC1. The summed E-state index contributed by atoms with van der Waals surface area (Å²) in [5, 5.41) is 1.16. The minimum Gasteiger partial charge on any atom is -0.478 e. The molecule has 0 N–H and O–H groups in total. The predicted octanol–water partition coefficient (Wildman–Crippen LogP) is 5.00. The van der Waals surface area contributed by atoms with Gasteiger partial charge in [0.05, 0.1) is 15.2 Å². The van der Waals surface area contributed by atoms with Crippen molar-refractivity contribution in [3.05, 3.63) is 59.4 Å². The first-order chi connectivity index (χ1) is 13.7. The molecule has 1 aliphatic rings. The average Bonchev–Trinajstić information content (AvgIpc) is 3.17. The molecule has 0 bridgehead atoms. The number of fused-ring (bicyclic) bond motifs is 1. The Labute approximate surface area is 168 Å². The molecule has 2 heterocycles. The van der Waals surface area contributed by atoms with Crippen LogP contribution in [0.4, 0.5) is 4.39 Å². The van der Waals surface area contributed by atoms with E-state index in [4.69, 9.17) is 9.72 Å². The van der Waals surface area contributed by atoms with Crippen molar-refractivity contribution in [3.8, 4) is 5.75 Å². The van der Waals surface area contributed by atoms with E-state index in [2.05, 4.69) is 6.07 Å². The summed E-state index contributed by atoms with van der Waals surface area (Å²) in [5.74, 6) is 0.0119. The molecule has 3 aromatic rings. The number of nitrogens with zero attached hydrogens (tertiary/aromatic N) is 2. The van der Waals surface area contributed by atoms with Gasteiger partial charge in [0.1, 0.15) is 0 Å². The number of hydrogen-bond donors (Lipinski definition) is 0. The molecule has 1 atom stereocenters. The van der Waals surface area contributed by atoms with Gasteiger partial charge in [-0.2, -0.15) is 0 Å². The number of likely N-dealkylation sites (tertiary alicyclic amines) is 1. The molecule has 2 aromatic carbocycles. The Morgan fingerprint density at radius 3 is 2.64 bits per heavy atom. The van der Waals surface area contributed by atoms with Crippen LogP contribution in [-0.4, -0.2) is 35.0 Å². The predicted molar refractivity (Wildman–Crippen MR) is 109 cm³/mol. The number of ether oxygens (including phenoxy) is 1. The quantitative estimate of drug-likeness (QED) is 0.607. The summed E-state index contributed by atoms with van der Waals surface area (Å²) < 4.78 is 20.8. The summed E-state index contributed by atoms with van der Waals surface area (Å²) in [6, 6.07) is 14.4. The van der Waals surface area contributed by atoms with Crippen LogP contribution >= 0.6 is 11.3 Å². The molecule has 0 spiro atoms. The monoisotopic (exact) mass is 398 g/mol. The van der Waals surface area contributed by atoms with Gasteiger partial charge < -0.3 is 9.64 Å². The standard InChI is InChI=1S/C22H23FN2O2S/c1-2-18(27-19-9-5-3-7-16(19)23)22(26)25-13-11-15(12-14-25)21-24-17-8-4-6-10-20(17)28-21/h3-10,15,18H,2,11-14H2,1H3. The van der Waals surface area contributed by atoms with Gasteiger partial charge in [0.15, 0.2) is 17.7 Å². The Bertz CT molecular complexity index is 933. The highest BCUT2D eigenvalue weighted by molar-refractivity contribution is 7.18. The third-order valence-electron chi connectivity index (χ3n) is 5.22. The first-order valence-electron chi connectivity index (χ1n) is 9.71. The summed E-state index contributed by atoms with van der Waals surface area (Å²) in [6.07, 6.45) is 1.63. The van der Waals surface area contributed by atoms with Gasteiger partial charge in [-0.05, 0) is 43.5 Å². The van der Waals surface area contributed by atoms with Gasteiger partial charge in [0.2, 0.25) is 0 Å². The number of carbonyl (C=O) groups is 1. The van der Waals surface area contributed by atoms with Crippen LogP contribution in [0.25, 0.3) is 10.2 Å². The van der Waals surface area contributed by atoms with Crippen LogP contribution in [0, 0.1) is 5.82 Å². The largest absolute Gasteiger partial charge is 0.478 e. The molecule has 0 saturated carbocycles. The molecule has 6 heteroatoms. The Kier molecular flexibility index (Phi) is 5.57. The topological polar surface area (TPSA) is 42.4 Å². The van der Waals surface area contributed by atoms with Gasteiger partial charge in [-0.15, -0.1) is 11.3 Å². The van der Waals surface area contributed by atoms with Crippen LogP contribution in [0.15, 0.2) is 48.5 Å². The van der Waals surface area contributed by atoms with E-state index in [1.165, 1.54) is 10.8 Å². The molecule has 4 nitrogen and oxygen atoms in total. The number of amides is 1. The number of thiazole rings is 1. The van der Waals surface area contributed by atoms with E-state index < -0.39 is 11.9 Å². The van der Waals surface area contributed by atoms with Gasteiger partial charge in [-0.25, -0.2) is 9.37 Å². The van der Waals surface area contributed by atoms with Crippen molar-refractivity contribution in [1.82, 2.24) is 9.88 Å². The lowest BCUT2D eigenvalue weighted by molar-refractivity contribution is -0.140. The normalized spacial score (nSPS) is 16.3. The second-order valence-corrected chi connectivity index (χ2v) is 8.13. The Morgan fingerprint density at radius 2 is 1.93 bits per heavy atom. The van der Waals surface area contributed by atoms with Crippen LogP contribution in [-0.2, 0) is 4.79 Å². The maximum absolute atomic E-state index is 13.9. The van der Waals surface area contributed by atoms with E-state index in [1.54, 1.807) is 29.5 Å². The van der Waals surface area contributed by atoms with Crippen LogP contribution in [0.5, 0.6) is 5.75 Å². The minimum absolute atomic E-state index is 0.0616. The average molecular weight is 399 g/mol. The molecule has 4 rings (SSSR count). The summed E-state index contributed by atoms with van der Waals surface area (Å²) in [5.41, 5.74) is 1.05. The zero-order valence-electron chi connectivity index (χ0n) is 15.8. The van der Waals surface area contributed by atoms with Gasteiger partial charge >= 0.3 is 0 Å². The smallest absolute Gasteiger partial charge is 0.263 e. The molecule has 1 unspecified atom stereocenters.